The Morgan fingerprint density at radius 2 is 1.71 bits per heavy atom. The van der Waals surface area contributed by atoms with E-state index in [1.807, 2.05) is 18.2 Å². The second-order valence-electron chi connectivity index (χ2n) is 7.91. The van der Waals surface area contributed by atoms with Gasteiger partial charge in [-0.05, 0) is 55.0 Å². The number of fused-ring (bicyclic) bond motifs is 6. The number of ether oxygens (including phenoxy) is 1. The van der Waals surface area contributed by atoms with E-state index in [0.29, 0.717) is 0 Å². The highest BCUT2D eigenvalue weighted by Crippen LogP contribution is 2.51. The first-order valence-electron chi connectivity index (χ1n) is 9.59. The van der Waals surface area contributed by atoms with Crippen molar-refractivity contribution in [3.63, 3.8) is 0 Å². The molecule has 6 rings (SSSR count). The highest BCUT2D eigenvalue weighted by atomic mass is 16.5. The van der Waals surface area contributed by atoms with Gasteiger partial charge in [0.15, 0.2) is 0 Å². The maximum absolute atomic E-state index is 6.60. The molecule has 0 unspecified atom stereocenters. The van der Waals surface area contributed by atoms with Gasteiger partial charge in [-0.1, -0.05) is 30.3 Å². The largest absolute Gasteiger partial charge is 0.450 e. The van der Waals surface area contributed by atoms with Crippen LogP contribution < -0.4 is 9.30 Å². The Morgan fingerprint density at radius 1 is 0.893 bits per heavy atom. The molecule has 5 aromatic rings. The van der Waals surface area contributed by atoms with E-state index in [1.54, 1.807) is 0 Å². The van der Waals surface area contributed by atoms with E-state index in [4.69, 9.17) is 9.15 Å². The van der Waals surface area contributed by atoms with Crippen LogP contribution in [0.1, 0.15) is 16.7 Å². The lowest BCUT2D eigenvalue weighted by Crippen LogP contribution is -2.32. The van der Waals surface area contributed by atoms with Crippen molar-refractivity contribution in [1.82, 2.24) is 0 Å². The lowest BCUT2D eigenvalue weighted by molar-refractivity contribution is -0.659. The minimum absolute atomic E-state index is 0.847. The van der Waals surface area contributed by atoms with Crippen LogP contribution in [0.4, 0.5) is 0 Å². The number of rotatable bonds is 0. The number of aromatic nitrogens is 1. The highest BCUT2D eigenvalue weighted by molar-refractivity contribution is 6.13. The summed E-state index contributed by atoms with van der Waals surface area (Å²) in [6.45, 7) is 6.52. The predicted molar refractivity (Wildman–Crippen MR) is 112 cm³/mol. The highest BCUT2D eigenvalue weighted by Gasteiger charge is 2.33. The molecule has 0 N–H and O–H groups in total. The van der Waals surface area contributed by atoms with Gasteiger partial charge in [-0.2, -0.15) is 4.57 Å². The topological polar surface area (TPSA) is 26.2 Å². The van der Waals surface area contributed by atoms with E-state index in [9.17, 15) is 0 Å². The standard InChI is InChI=1S/C25H20NO2/c1-13-9-16-11-14(2)15(3)21-22(16)19(10-13)28-25-23-17-7-5-6-8-18(17)27-20(23)12-26(4)24(21)25/h5-12H,1-4H3/q+1. The van der Waals surface area contributed by atoms with Crippen molar-refractivity contribution >= 4 is 32.7 Å². The molecule has 3 heteroatoms. The van der Waals surface area contributed by atoms with Crippen molar-refractivity contribution in [3.8, 4) is 22.8 Å². The second kappa shape index (κ2) is 5.14. The fourth-order valence-electron chi connectivity index (χ4n) is 4.67. The molecular weight excluding hydrogens is 346 g/mol. The van der Waals surface area contributed by atoms with Crippen LogP contribution in [-0.4, -0.2) is 0 Å². The van der Waals surface area contributed by atoms with Crippen LogP contribution in [0.3, 0.4) is 0 Å². The van der Waals surface area contributed by atoms with Gasteiger partial charge in [0.25, 0.3) is 5.69 Å². The number of furan rings is 1. The quantitative estimate of drug-likeness (QED) is 0.297. The van der Waals surface area contributed by atoms with E-state index in [1.165, 1.54) is 33.0 Å². The van der Waals surface area contributed by atoms with Crippen molar-refractivity contribution in [1.29, 1.82) is 0 Å². The Bertz CT molecular complexity index is 1470. The third-order valence-corrected chi connectivity index (χ3v) is 6.04. The van der Waals surface area contributed by atoms with Crippen molar-refractivity contribution < 1.29 is 13.7 Å². The van der Waals surface area contributed by atoms with Crippen LogP contribution in [-0.2, 0) is 7.05 Å². The van der Waals surface area contributed by atoms with Gasteiger partial charge in [-0.3, -0.25) is 0 Å². The molecule has 3 nitrogen and oxygen atoms in total. The maximum Gasteiger partial charge on any atom is 0.257 e. The summed E-state index contributed by atoms with van der Waals surface area (Å²) in [5, 5.41) is 4.57. The number of benzene rings is 3. The van der Waals surface area contributed by atoms with E-state index in [0.717, 1.165) is 39.1 Å². The van der Waals surface area contributed by atoms with Gasteiger partial charge in [0.1, 0.15) is 18.4 Å². The van der Waals surface area contributed by atoms with Crippen LogP contribution in [0.5, 0.6) is 11.5 Å². The van der Waals surface area contributed by atoms with E-state index in [2.05, 4.69) is 62.8 Å². The number of para-hydroxylation sites is 1. The zero-order chi connectivity index (χ0) is 19.2. The second-order valence-corrected chi connectivity index (χ2v) is 7.91. The fourth-order valence-corrected chi connectivity index (χ4v) is 4.67. The smallest absolute Gasteiger partial charge is 0.257 e. The van der Waals surface area contributed by atoms with E-state index < -0.39 is 0 Å². The lowest BCUT2D eigenvalue weighted by Gasteiger charge is -2.22. The van der Waals surface area contributed by atoms with Crippen LogP contribution in [0, 0.1) is 20.8 Å². The van der Waals surface area contributed by atoms with Gasteiger partial charge in [0.05, 0.1) is 10.9 Å². The van der Waals surface area contributed by atoms with Gasteiger partial charge in [0, 0.05) is 10.8 Å². The summed E-state index contributed by atoms with van der Waals surface area (Å²) >= 11 is 0. The Balaban J connectivity index is 1.88. The Kier molecular flexibility index (Phi) is 2.88. The molecule has 0 amide bonds. The van der Waals surface area contributed by atoms with Crippen LogP contribution in [0.15, 0.2) is 53.1 Å². The van der Waals surface area contributed by atoms with Crippen molar-refractivity contribution in [2.75, 3.05) is 0 Å². The molecule has 0 radical (unpaired) electrons. The van der Waals surface area contributed by atoms with Crippen LogP contribution >= 0.6 is 0 Å². The fraction of sp³-hybridized carbons (Fsp3) is 0.160. The normalized spacial score (nSPS) is 12.6. The molecule has 3 aromatic carbocycles. The van der Waals surface area contributed by atoms with E-state index in [-0.39, 0.29) is 0 Å². The Hall–Kier alpha value is -3.33. The first kappa shape index (κ1) is 15.7. The molecule has 136 valence electrons. The molecule has 0 saturated carbocycles. The zero-order valence-electron chi connectivity index (χ0n) is 16.4. The lowest BCUT2D eigenvalue weighted by atomic mass is 9.89. The summed E-state index contributed by atoms with van der Waals surface area (Å²) in [5.41, 5.74) is 7.90. The number of hydrogen-bond donors (Lipinski definition) is 0. The first-order valence-corrected chi connectivity index (χ1v) is 9.59. The number of hydrogen-bond acceptors (Lipinski definition) is 2. The molecule has 0 spiro atoms. The van der Waals surface area contributed by atoms with Crippen molar-refractivity contribution in [2.45, 2.75) is 20.8 Å². The van der Waals surface area contributed by atoms with Gasteiger partial charge < -0.3 is 9.15 Å². The van der Waals surface area contributed by atoms with Crippen LogP contribution in [0.25, 0.3) is 44.0 Å². The zero-order valence-corrected chi connectivity index (χ0v) is 16.4. The number of nitrogens with zero attached hydrogens (tertiary/aromatic N) is 1. The molecule has 0 atom stereocenters. The molecule has 3 heterocycles. The van der Waals surface area contributed by atoms with Gasteiger partial charge in [-0.25, -0.2) is 0 Å². The third-order valence-electron chi connectivity index (χ3n) is 6.04. The van der Waals surface area contributed by atoms with Crippen molar-refractivity contribution in [3.05, 3.63) is 65.4 Å². The summed E-state index contributed by atoms with van der Waals surface area (Å²) in [6, 6.07) is 14.8. The summed E-state index contributed by atoms with van der Waals surface area (Å²) in [7, 11) is 2.07. The molecule has 0 aliphatic carbocycles. The summed E-state index contributed by atoms with van der Waals surface area (Å²) < 4.78 is 14.9. The summed E-state index contributed by atoms with van der Waals surface area (Å²) in [4.78, 5) is 0. The average Bonchev–Trinajstić information content (AvgIpc) is 3.03. The summed E-state index contributed by atoms with van der Waals surface area (Å²) in [6.07, 6.45) is 2.07. The molecule has 0 fully saturated rings. The summed E-state index contributed by atoms with van der Waals surface area (Å²) in [5.74, 6) is 1.82. The average molecular weight is 366 g/mol. The molecule has 2 aromatic heterocycles. The molecule has 1 aliphatic heterocycles. The Labute approximate surface area is 162 Å². The molecule has 0 saturated heterocycles. The molecule has 28 heavy (non-hydrogen) atoms. The van der Waals surface area contributed by atoms with Gasteiger partial charge in [0.2, 0.25) is 17.5 Å². The number of pyridine rings is 1. The minimum Gasteiger partial charge on any atom is -0.450 e. The predicted octanol–water partition coefficient (Wildman–Crippen LogP) is 6.26. The molecule has 1 aliphatic rings. The Morgan fingerprint density at radius 3 is 2.57 bits per heavy atom. The SMILES string of the molecule is Cc1cc2c3c(c(C)c(C)cc3c1)-c1c(c3c(c[n+]1C)oc1ccccc13)O2. The first-order chi connectivity index (χ1) is 13.5. The minimum atomic E-state index is 0.847. The van der Waals surface area contributed by atoms with Gasteiger partial charge in [-0.15, -0.1) is 0 Å². The monoisotopic (exact) mass is 366 g/mol. The molecule has 0 bridgehead atoms. The third kappa shape index (κ3) is 1.86. The number of aryl methyl sites for hydroxylation is 3. The maximum atomic E-state index is 6.60. The van der Waals surface area contributed by atoms with Crippen LogP contribution in [0.2, 0.25) is 0 Å². The molecular formula is C25H20NO2+. The van der Waals surface area contributed by atoms with Crippen molar-refractivity contribution in [2.24, 2.45) is 7.05 Å². The van der Waals surface area contributed by atoms with Gasteiger partial charge >= 0.3 is 0 Å². The van der Waals surface area contributed by atoms with E-state index >= 15 is 0 Å².